The van der Waals surface area contributed by atoms with Crippen LogP contribution in [-0.4, -0.2) is 34.2 Å². The zero-order valence-corrected chi connectivity index (χ0v) is 9.72. The van der Waals surface area contributed by atoms with Gasteiger partial charge in [-0.3, -0.25) is 14.3 Å². The first-order valence-corrected chi connectivity index (χ1v) is 5.28. The maximum atomic E-state index is 11.4. The van der Waals surface area contributed by atoms with E-state index in [1.54, 1.807) is 10.9 Å². The van der Waals surface area contributed by atoms with Crippen LogP contribution in [0.1, 0.15) is 12.0 Å². The number of aryl methyl sites for hydroxylation is 1. The van der Waals surface area contributed by atoms with Gasteiger partial charge in [0.05, 0.1) is 18.7 Å². The molecule has 2 amide bonds. The number of amides is 2. The van der Waals surface area contributed by atoms with Crippen LogP contribution in [0.4, 0.5) is 0 Å². The molecule has 7 nitrogen and oxygen atoms in total. The Hall–Kier alpha value is -1.89. The molecule has 1 aromatic rings. The predicted molar refractivity (Wildman–Crippen MR) is 61.7 cm³/mol. The average molecular weight is 239 g/mol. The number of hydrogen-bond donors (Lipinski definition) is 3. The highest BCUT2D eigenvalue weighted by atomic mass is 16.2. The molecular formula is C10H17N5O2. The summed E-state index contributed by atoms with van der Waals surface area (Å²) in [6.07, 6.45) is 4.13. The molecule has 1 atom stereocenters. The third kappa shape index (κ3) is 4.64. The maximum Gasteiger partial charge on any atom is 0.237 e. The highest BCUT2D eigenvalue weighted by Crippen LogP contribution is 1.96. The SMILES string of the molecule is Cn1cc(CCNC(=O)C(N)CC(N)=O)cn1. The molecule has 7 heteroatoms. The Labute approximate surface area is 99.1 Å². The van der Waals surface area contributed by atoms with E-state index >= 15 is 0 Å². The summed E-state index contributed by atoms with van der Waals surface area (Å²) in [6, 6.07) is -0.874. The number of nitrogens with two attached hydrogens (primary N) is 2. The molecule has 0 aromatic carbocycles. The molecule has 0 aliphatic carbocycles. The molecule has 1 unspecified atom stereocenters. The summed E-state index contributed by atoms with van der Waals surface area (Å²) < 4.78 is 1.69. The van der Waals surface area contributed by atoms with Crippen molar-refractivity contribution >= 4 is 11.8 Å². The van der Waals surface area contributed by atoms with Gasteiger partial charge in [-0.2, -0.15) is 5.10 Å². The van der Waals surface area contributed by atoms with Crippen molar-refractivity contribution in [3.8, 4) is 0 Å². The number of rotatable bonds is 6. The Morgan fingerprint density at radius 1 is 1.59 bits per heavy atom. The van der Waals surface area contributed by atoms with Crippen LogP contribution >= 0.6 is 0 Å². The topological polar surface area (TPSA) is 116 Å². The zero-order valence-electron chi connectivity index (χ0n) is 9.72. The van der Waals surface area contributed by atoms with E-state index < -0.39 is 11.9 Å². The molecule has 0 saturated heterocycles. The molecule has 1 heterocycles. The number of primary amides is 1. The maximum absolute atomic E-state index is 11.4. The van der Waals surface area contributed by atoms with E-state index in [1.165, 1.54) is 0 Å². The summed E-state index contributed by atoms with van der Waals surface area (Å²) in [5, 5.41) is 6.64. The van der Waals surface area contributed by atoms with Crippen LogP contribution in [0, 0.1) is 0 Å². The number of nitrogens with zero attached hydrogens (tertiary/aromatic N) is 2. The van der Waals surface area contributed by atoms with E-state index in [4.69, 9.17) is 11.5 Å². The summed E-state index contributed by atoms with van der Waals surface area (Å²) >= 11 is 0. The number of nitrogens with one attached hydrogen (secondary N) is 1. The van der Waals surface area contributed by atoms with Crippen molar-refractivity contribution < 1.29 is 9.59 Å². The Kier molecular flexibility index (Phi) is 4.65. The first-order chi connectivity index (χ1) is 7.99. The Balaban J connectivity index is 2.26. The third-order valence-corrected chi connectivity index (χ3v) is 2.23. The van der Waals surface area contributed by atoms with Gasteiger partial charge in [-0.25, -0.2) is 0 Å². The van der Waals surface area contributed by atoms with Crippen LogP contribution in [0.2, 0.25) is 0 Å². The van der Waals surface area contributed by atoms with Gasteiger partial charge >= 0.3 is 0 Å². The van der Waals surface area contributed by atoms with E-state index in [-0.39, 0.29) is 12.3 Å². The van der Waals surface area contributed by atoms with Crippen molar-refractivity contribution in [2.24, 2.45) is 18.5 Å². The van der Waals surface area contributed by atoms with Gasteiger partial charge in [0.25, 0.3) is 0 Å². The summed E-state index contributed by atoms with van der Waals surface area (Å²) in [4.78, 5) is 22.0. The Bertz CT molecular complexity index is 401. The third-order valence-electron chi connectivity index (χ3n) is 2.23. The quantitative estimate of drug-likeness (QED) is 0.547. The number of hydrogen-bond acceptors (Lipinski definition) is 4. The molecule has 1 rings (SSSR count). The molecule has 0 aliphatic heterocycles. The Morgan fingerprint density at radius 3 is 2.82 bits per heavy atom. The fourth-order valence-electron chi connectivity index (χ4n) is 1.37. The second kappa shape index (κ2) is 6.00. The zero-order chi connectivity index (χ0) is 12.8. The smallest absolute Gasteiger partial charge is 0.237 e. The van der Waals surface area contributed by atoms with E-state index in [2.05, 4.69) is 10.4 Å². The molecule has 1 aromatic heterocycles. The highest BCUT2D eigenvalue weighted by Gasteiger charge is 2.15. The van der Waals surface area contributed by atoms with Gasteiger partial charge in [-0.05, 0) is 12.0 Å². The second-order valence-corrected chi connectivity index (χ2v) is 3.84. The monoisotopic (exact) mass is 239 g/mol. The molecule has 94 valence electrons. The largest absolute Gasteiger partial charge is 0.370 e. The fourth-order valence-corrected chi connectivity index (χ4v) is 1.37. The van der Waals surface area contributed by atoms with Crippen LogP contribution in [0.15, 0.2) is 12.4 Å². The van der Waals surface area contributed by atoms with Crippen molar-refractivity contribution in [1.82, 2.24) is 15.1 Å². The molecule has 5 N–H and O–H groups in total. The van der Waals surface area contributed by atoms with Crippen molar-refractivity contribution in [2.75, 3.05) is 6.54 Å². The lowest BCUT2D eigenvalue weighted by atomic mass is 10.2. The molecule has 0 saturated carbocycles. The number of carbonyl (C=O) groups excluding carboxylic acids is 2. The lowest BCUT2D eigenvalue weighted by Gasteiger charge is -2.09. The minimum atomic E-state index is -0.874. The number of carbonyl (C=O) groups is 2. The van der Waals surface area contributed by atoms with E-state index in [1.807, 2.05) is 13.2 Å². The average Bonchev–Trinajstić information content (AvgIpc) is 2.63. The van der Waals surface area contributed by atoms with E-state index in [0.717, 1.165) is 5.56 Å². The molecule has 17 heavy (non-hydrogen) atoms. The number of aromatic nitrogens is 2. The molecular weight excluding hydrogens is 222 g/mol. The molecule has 0 spiro atoms. The summed E-state index contributed by atoms with van der Waals surface area (Å²) in [5.74, 6) is -0.951. The minimum absolute atomic E-state index is 0.140. The first kappa shape index (κ1) is 13.2. The molecule has 0 radical (unpaired) electrons. The summed E-state index contributed by atoms with van der Waals surface area (Å²) in [6.45, 7) is 0.455. The van der Waals surface area contributed by atoms with Gasteiger partial charge in [0.1, 0.15) is 0 Å². The van der Waals surface area contributed by atoms with Gasteiger partial charge < -0.3 is 16.8 Å². The standard InChI is InChI=1S/C10H17N5O2/c1-15-6-7(5-14-15)2-3-13-10(17)8(11)4-9(12)16/h5-6,8H,2-4,11H2,1H3,(H2,12,16)(H,13,17). The van der Waals surface area contributed by atoms with Crippen molar-refractivity contribution in [1.29, 1.82) is 0 Å². The van der Waals surface area contributed by atoms with Gasteiger partial charge in [0.2, 0.25) is 11.8 Å². The van der Waals surface area contributed by atoms with Crippen molar-refractivity contribution in [2.45, 2.75) is 18.9 Å². The fraction of sp³-hybridized carbons (Fsp3) is 0.500. The van der Waals surface area contributed by atoms with Crippen molar-refractivity contribution in [3.63, 3.8) is 0 Å². The first-order valence-electron chi connectivity index (χ1n) is 5.28. The Morgan fingerprint density at radius 2 is 2.29 bits per heavy atom. The van der Waals surface area contributed by atoms with Gasteiger partial charge in [0, 0.05) is 19.8 Å². The minimum Gasteiger partial charge on any atom is -0.370 e. The van der Waals surface area contributed by atoms with E-state index in [0.29, 0.717) is 13.0 Å². The van der Waals surface area contributed by atoms with Crippen LogP contribution < -0.4 is 16.8 Å². The molecule has 0 bridgehead atoms. The van der Waals surface area contributed by atoms with Crippen LogP contribution in [0.3, 0.4) is 0 Å². The van der Waals surface area contributed by atoms with Crippen LogP contribution in [-0.2, 0) is 23.1 Å². The summed E-state index contributed by atoms with van der Waals surface area (Å²) in [5.41, 5.74) is 11.4. The normalized spacial score (nSPS) is 12.1. The van der Waals surface area contributed by atoms with Crippen LogP contribution in [0.5, 0.6) is 0 Å². The van der Waals surface area contributed by atoms with E-state index in [9.17, 15) is 9.59 Å². The van der Waals surface area contributed by atoms with Crippen LogP contribution in [0.25, 0.3) is 0 Å². The lowest BCUT2D eigenvalue weighted by molar-refractivity contribution is -0.126. The predicted octanol–water partition coefficient (Wildman–Crippen LogP) is -1.72. The lowest BCUT2D eigenvalue weighted by Crippen LogP contribution is -2.43. The van der Waals surface area contributed by atoms with Gasteiger partial charge in [0.15, 0.2) is 0 Å². The summed E-state index contributed by atoms with van der Waals surface area (Å²) in [7, 11) is 1.82. The van der Waals surface area contributed by atoms with Gasteiger partial charge in [-0.1, -0.05) is 0 Å². The van der Waals surface area contributed by atoms with Crippen molar-refractivity contribution in [3.05, 3.63) is 18.0 Å². The molecule has 0 fully saturated rings. The molecule has 0 aliphatic rings. The highest BCUT2D eigenvalue weighted by molar-refractivity contribution is 5.87. The second-order valence-electron chi connectivity index (χ2n) is 3.84. The van der Waals surface area contributed by atoms with Gasteiger partial charge in [-0.15, -0.1) is 0 Å².